The van der Waals surface area contributed by atoms with Crippen LogP contribution in [0.4, 0.5) is 0 Å². The molecule has 118 valence electrons. The third-order valence-corrected chi connectivity index (χ3v) is 5.53. The molecule has 0 aromatic carbocycles. The Balaban J connectivity index is 1.49. The summed E-state index contributed by atoms with van der Waals surface area (Å²) in [4.78, 5) is 26.5. The van der Waals surface area contributed by atoms with Crippen LogP contribution in [0, 0.1) is 11.3 Å². The highest BCUT2D eigenvalue weighted by Crippen LogP contribution is 2.54. The van der Waals surface area contributed by atoms with E-state index in [2.05, 4.69) is 0 Å². The molecular weight excluding hydrogens is 280 g/mol. The highest BCUT2D eigenvalue weighted by atomic mass is 16.5. The van der Waals surface area contributed by atoms with Gasteiger partial charge in [0.15, 0.2) is 0 Å². The lowest BCUT2D eigenvalue weighted by molar-refractivity contribution is -0.172. The van der Waals surface area contributed by atoms with E-state index in [1.807, 2.05) is 4.90 Å². The van der Waals surface area contributed by atoms with Gasteiger partial charge >= 0.3 is 0 Å². The molecule has 5 heteroatoms. The molecule has 1 aromatic heterocycles. The van der Waals surface area contributed by atoms with Crippen molar-refractivity contribution in [3.05, 3.63) is 34.7 Å². The van der Waals surface area contributed by atoms with E-state index in [1.165, 1.54) is 23.5 Å². The summed E-state index contributed by atoms with van der Waals surface area (Å²) in [6.45, 7) is 2.65. The number of amides is 1. The molecule has 5 nitrogen and oxygen atoms in total. The van der Waals surface area contributed by atoms with Gasteiger partial charge in [-0.25, -0.2) is 0 Å². The average molecular weight is 302 g/mol. The van der Waals surface area contributed by atoms with Crippen molar-refractivity contribution in [2.45, 2.75) is 38.3 Å². The highest BCUT2D eigenvalue weighted by Gasteiger charge is 2.59. The van der Waals surface area contributed by atoms with Crippen LogP contribution < -0.4 is 5.56 Å². The van der Waals surface area contributed by atoms with Crippen molar-refractivity contribution >= 4 is 5.91 Å². The topological polar surface area (TPSA) is 51.5 Å². The fraction of sp³-hybridized carbons (Fsp3) is 0.647. The summed E-state index contributed by atoms with van der Waals surface area (Å²) in [7, 11) is 0. The zero-order chi connectivity index (χ0) is 15.2. The van der Waals surface area contributed by atoms with Crippen LogP contribution in [0.25, 0.3) is 0 Å². The number of carbonyl (C=O) groups excluding carboxylic acids is 1. The molecule has 1 unspecified atom stereocenters. The third kappa shape index (κ3) is 2.28. The van der Waals surface area contributed by atoms with E-state index in [-0.39, 0.29) is 23.4 Å². The van der Waals surface area contributed by atoms with Gasteiger partial charge in [-0.05, 0) is 37.7 Å². The summed E-state index contributed by atoms with van der Waals surface area (Å²) < 4.78 is 7.01. The van der Waals surface area contributed by atoms with Gasteiger partial charge in [0.25, 0.3) is 5.56 Å². The van der Waals surface area contributed by atoms with Crippen molar-refractivity contribution in [2.75, 3.05) is 19.8 Å². The number of hydrogen-bond acceptors (Lipinski definition) is 3. The second-order valence-corrected chi connectivity index (χ2v) is 6.95. The smallest absolute Gasteiger partial charge is 0.250 e. The molecule has 22 heavy (non-hydrogen) atoms. The number of aromatic nitrogens is 1. The van der Waals surface area contributed by atoms with E-state index in [1.54, 1.807) is 18.3 Å². The van der Waals surface area contributed by atoms with Crippen molar-refractivity contribution in [1.29, 1.82) is 0 Å². The Morgan fingerprint density at radius 2 is 2.05 bits per heavy atom. The minimum atomic E-state index is -0.111. The standard InChI is InChI=1S/C17H22N2O3/c20-14-3-1-2-8-18(14)11-15(21)19-12-17(6-9-22-10-7-17)16(19)13-4-5-13/h1-3,8,13,16H,4-7,9-12H2. The molecule has 1 aliphatic carbocycles. The molecule has 1 saturated carbocycles. The summed E-state index contributed by atoms with van der Waals surface area (Å²) in [5.41, 5.74) is 0.177. The molecule has 1 atom stereocenters. The molecule has 3 aliphatic rings. The first-order valence-electron chi connectivity index (χ1n) is 8.22. The molecule has 3 fully saturated rings. The fourth-order valence-electron chi connectivity index (χ4n) is 4.22. The van der Waals surface area contributed by atoms with Gasteiger partial charge in [0, 0.05) is 43.5 Å². The predicted molar refractivity (Wildman–Crippen MR) is 81.4 cm³/mol. The van der Waals surface area contributed by atoms with Crippen LogP contribution in [0.5, 0.6) is 0 Å². The van der Waals surface area contributed by atoms with E-state index < -0.39 is 0 Å². The molecule has 2 aliphatic heterocycles. The Morgan fingerprint density at radius 3 is 2.73 bits per heavy atom. The van der Waals surface area contributed by atoms with Gasteiger partial charge in [0.1, 0.15) is 6.54 Å². The van der Waals surface area contributed by atoms with Crippen molar-refractivity contribution in [1.82, 2.24) is 9.47 Å². The summed E-state index contributed by atoms with van der Waals surface area (Å²) in [5.74, 6) is 0.755. The van der Waals surface area contributed by atoms with Gasteiger partial charge < -0.3 is 14.2 Å². The number of pyridine rings is 1. The first kappa shape index (κ1) is 14.0. The number of carbonyl (C=O) groups is 1. The molecule has 1 aromatic rings. The van der Waals surface area contributed by atoms with Crippen LogP contribution in [0.15, 0.2) is 29.2 Å². The monoisotopic (exact) mass is 302 g/mol. The summed E-state index contributed by atoms with van der Waals surface area (Å²) in [5, 5.41) is 0. The quantitative estimate of drug-likeness (QED) is 0.845. The van der Waals surface area contributed by atoms with E-state index >= 15 is 0 Å². The number of rotatable bonds is 3. The zero-order valence-corrected chi connectivity index (χ0v) is 12.7. The first-order chi connectivity index (χ1) is 10.7. The van der Waals surface area contributed by atoms with Crippen molar-refractivity contribution < 1.29 is 9.53 Å². The largest absolute Gasteiger partial charge is 0.381 e. The molecule has 3 heterocycles. The Bertz CT molecular complexity index is 629. The lowest BCUT2D eigenvalue weighted by Crippen LogP contribution is -2.69. The van der Waals surface area contributed by atoms with Crippen LogP contribution in [-0.2, 0) is 16.1 Å². The maximum Gasteiger partial charge on any atom is 0.250 e. The molecule has 1 amide bonds. The maximum atomic E-state index is 12.7. The van der Waals surface area contributed by atoms with Crippen molar-refractivity contribution in [3.8, 4) is 0 Å². The van der Waals surface area contributed by atoms with Gasteiger partial charge in [-0.15, -0.1) is 0 Å². The van der Waals surface area contributed by atoms with Crippen molar-refractivity contribution in [2.24, 2.45) is 11.3 Å². The van der Waals surface area contributed by atoms with E-state index in [0.717, 1.165) is 32.6 Å². The van der Waals surface area contributed by atoms with Gasteiger partial charge in [0.2, 0.25) is 5.91 Å². The fourth-order valence-corrected chi connectivity index (χ4v) is 4.22. The molecule has 0 N–H and O–H groups in total. The number of hydrogen-bond donors (Lipinski definition) is 0. The second-order valence-electron chi connectivity index (χ2n) is 6.95. The maximum absolute atomic E-state index is 12.7. The van der Waals surface area contributed by atoms with E-state index in [4.69, 9.17) is 4.74 Å². The zero-order valence-electron chi connectivity index (χ0n) is 12.7. The van der Waals surface area contributed by atoms with E-state index in [9.17, 15) is 9.59 Å². The van der Waals surface area contributed by atoms with Gasteiger partial charge in [0.05, 0.1) is 0 Å². The SMILES string of the molecule is O=C(Cn1ccccc1=O)N1CC2(CCOCC2)C1C1CC1. The normalized spacial score (nSPS) is 26.7. The highest BCUT2D eigenvalue weighted by molar-refractivity contribution is 5.77. The van der Waals surface area contributed by atoms with Crippen LogP contribution in [0.3, 0.4) is 0 Å². The molecule has 0 radical (unpaired) electrons. The molecule has 1 spiro atoms. The lowest BCUT2D eigenvalue weighted by atomic mass is 9.64. The average Bonchev–Trinajstić information content (AvgIpc) is 3.32. The summed E-state index contributed by atoms with van der Waals surface area (Å²) in [6.07, 6.45) is 6.31. The molecule has 0 bridgehead atoms. The van der Waals surface area contributed by atoms with Crippen LogP contribution in [-0.4, -0.2) is 41.2 Å². The molecule has 2 saturated heterocycles. The van der Waals surface area contributed by atoms with Crippen LogP contribution in [0.1, 0.15) is 25.7 Å². The predicted octanol–water partition coefficient (Wildman–Crippen LogP) is 1.27. The van der Waals surface area contributed by atoms with Gasteiger partial charge in [-0.1, -0.05) is 6.07 Å². The van der Waals surface area contributed by atoms with Crippen LogP contribution >= 0.6 is 0 Å². The summed E-state index contributed by atoms with van der Waals surface area (Å²) in [6, 6.07) is 5.38. The van der Waals surface area contributed by atoms with Gasteiger partial charge in [-0.3, -0.25) is 9.59 Å². The number of ether oxygens (including phenoxy) is 1. The minimum absolute atomic E-state index is 0.0855. The second kappa shape index (κ2) is 5.23. The Kier molecular flexibility index (Phi) is 3.33. The Labute approximate surface area is 129 Å². The van der Waals surface area contributed by atoms with E-state index in [0.29, 0.717) is 12.0 Å². The van der Waals surface area contributed by atoms with Gasteiger partial charge in [-0.2, -0.15) is 0 Å². The minimum Gasteiger partial charge on any atom is -0.381 e. The Hall–Kier alpha value is -1.62. The lowest BCUT2D eigenvalue weighted by Gasteiger charge is -2.59. The third-order valence-electron chi connectivity index (χ3n) is 5.53. The number of likely N-dealkylation sites (tertiary alicyclic amines) is 1. The van der Waals surface area contributed by atoms with Crippen LogP contribution in [0.2, 0.25) is 0 Å². The Morgan fingerprint density at radius 1 is 1.27 bits per heavy atom. The molecule has 4 rings (SSSR count). The number of nitrogens with zero attached hydrogens (tertiary/aromatic N) is 2. The summed E-state index contributed by atoms with van der Waals surface area (Å²) >= 11 is 0. The first-order valence-corrected chi connectivity index (χ1v) is 8.22. The van der Waals surface area contributed by atoms with Crippen molar-refractivity contribution in [3.63, 3.8) is 0 Å². The molecular formula is C17H22N2O3.